The lowest BCUT2D eigenvalue weighted by molar-refractivity contribution is -0.121. The van der Waals surface area contributed by atoms with E-state index >= 15 is 0 Å². The van der Waals surface area contributed by atoms with Gasteiger partial charge in [-0.25, -0.2) is 4.98 Å². The molecule has 6 nitrogen and oxygen atoms in total. The second-order valence-corrected chi connectivity index (χ2v) is 5.14. The van der Waals surface area contributed by atoms with Gasteiger partial charge in [0.15, 0.2) is 0 Å². The van der Waals surface area contributed by atoms with Gasteiger partial charge in [-0.15, -0.1) is 0 Å². The number of aromatic nitrogens is 2. The molecule has 120 valence electrons. The molecular weight excluding hydrogens is 292 g/mol. The lowest BCUT2D eigenvalue weighted by Gasteiger charge is -2.08. The van der Waals surface area contributed by atoms with E-state index in [0.29, 0.717) is 25.2 Å². The normalized spacial score (nSPS) is 10.1. The summed E-state index contributed by atoms with van der Waals surface area (Å²) in [5, 5.41) is 5.47. The number of hydrogen-bond donors (Lipinski definition) is 2. The first-order valence-electron chi connectivity index (χ1n) is 7.53. The second kappa shape index (κ2) is 8.63. The van der Waals surface area contributed by atoms with Gasteiger partial charge in [0.1, 0.15) is 5.82 Å². The molecule has 2 rings (SSSR count). The molecule has 0 spiro atoms. The van der Waals surface area contributed by atoms with Gasteiger partial charge in [-0.2, -0.15) is 0 Å². The summed E-state index contributed by atoms with van der Waals surface area (Å²) < 4.78 is 0. The van der Waals surface area contributed by atoms with Crippen molar-refractivity contribution in [2.24, 2.45) is 0 Å². The second-order valence-electron chi connectivity index (χ2n) is 5.14. The Hall–Kier alpha value is -2.76. The molecule has 0 aliphatic heterocycles. The van der Waals surface area contributed by atoms with Crippen LogP contribution in [0.1, 0.15) is 24.1 Å². The molecule has 0 radical (unpaired) electrons. The number of carbonyl (C=O) groups is 2. The van der Waals surface area contributed by atoms with Crippen molar-refractivity contribution in [3.63, 3.8) is 0 Å². The Morgan fingerprint density at radius 2 is 1.83 bits per heavy atom. The van der Waals surface area contributed by atoms with Crippen LogP contribution < -0.4 is 10.6 Å². The van der Waals surface area contributed by atoms with E-state index in [1.807, 2.05) is 37.3 Å². The summed E-state index contributed by atoms with van der Waals surface area (Å²) in [7, 11) is 0. The first-order chi connectivity index (χ1) is 11.1. The average Bonchev–Trinajstić information content (AvgIpc) is 2.56. The number of carbonyl (C=O) groups excluding carboxylic acids is 2. The van der Waals surface area contributed by atoms with Crippen LogP contribution >= 0.6 is 0 Å². The van der Waals surface area contributed by atoms with Gasteiger partial charge in [-0.05, 0) is 37.1 Å². The van der Waals surface area contributed by atoms with E-state index in [-0.39, 0.29) is 18.2 Å². The molecule has 0 fully saturated rings. The summed E-state index contributed by atoms with van der Waals surface area (Å²) in [6.07, 6.45) is 4.49. The van der Waals surface area contributed by atoms with Gasteiger partial charge in [0.05, 0.1) is 0 Å². The van der Waals surface area contributed by atoms with E-state index in [1.54, 1.807) is 12.4 Å². The molecule has 0 unspecified atom stereocenters. The minimum absolute atomic E-state index is 0.0857. The molecule has 0 saturated heterocycles. The molecule has 0 saturated carbocycles. The largest absolute Gasteiger partial charge is 0.356 e. The van der Waals surface area contributed by atoms with E-state index in [2.05, 4.69) is 20.6 Å². The van der Waals surface area contributed by atoms with E-state index in [9.17, 15) is 9.59 Å². The maximum atomic E-state index is 11.8. The first-order valence-corrected chi connectivity index (χ1v) is 7.53. The Balaban J connectivity index is 1.65. The number of anilines is 1. The SMILES string of the molecule is Cc1cccnc1NC(=O)CCNC(=O)CCc1ccccn1. The van der Waals surface area contributed by atoms with Gasteiger partial charge in [0.25, 0.3) is 0 Å². The van der Waals surface area contributed by atoms with Crippen LogP contribution in [0, 0.1) is 6.92 Å². The van der Waals surface area contributed by atoms with E-state index in [4.69, 9.17) is 0 Å². The van der Waals surface area contributed by atoms with Crippen LogP contribution in [0.3, 0.4) is 0 Å². The lowest BCUT2D eigenvalue weighted by atomic mass is 10.2. The van der Waals surface area contributed by atoms with Crippen molar-refractivity contribution in [1.29, 1.82) is 0 Å². The third kappa shape index (κ3) is 5.86. The third-order valence-electron chi connectivity index (χ3n) is 3.28. The summed E-state index contributed by atoms with van der Waals surface area (Å²) in [6.45, 7) is 2.18. The molecule has 2 amide bonds. The fourth-order valence-corrected chi connectivity index (χ4v) is 2.00. The van der Waals surface area contributed by atoms with Crippen molar-refractivity contribution < 1.29 is 9.59 Å². The van der Waals surface area contributed by atoms with Gasteiger partial charge in [0.2, 0.25) is 11.8 Å². The molecule has 2 aromatic heterocycles. The van der Waals surface area contributed by atoms with Crippen LogP contribution in [0.15, 0.2) is 42.7 Å². The number of hydrogen-bond acceptors (Lipinski definition) is 4. The predicted molar refractivity (Wildman–Crippen MR) is 87.8 cm³/mol. The molecule has 0 aliphatic carbocycles. The molecule has 0 aromatic carbocycles. The minimum Gasteiger partial charge on any atom is -0.356 e. The highest BCUT2D eigenvalue weighted by Gasteiger charge is 2.07. The standard InChI is InChI=1S/C17H20N4O2/c1-13-5-4-11-20-17(13)21-16(23)9-12-19-15(22)8-7-14-6-2-3-10-18-14/h2-6,10-11H,7-9,12H2,1H3,(H,19,22)(H,20,21,23). The average molecular weight is 312 g/mol. The van der Waals surface area contributed by atoms with Crippen LogP contribution in [0.4, 0.5) is 5.82 Å². The molecule has 23 heavy (non-hydrogen) atoms. The van der Waals surface area contributed by atoms with E-state index < -0.39 is 0 Å². The van der Waals surface area contributed by atoms with Gasteiger partial charge in [-0.1, -0.05) is 12.1 Å². The van der Waals surface area contributed by atoms with Crippen LogP contribution in [-0.4, -0.2) is 28.3 Å². The third-order valence-corrected chi connectivity index (χ3v) is 3.28. The first kappa shape index (κ1) is 16.6. The van der Waals surface area contributed by atoms with Crippen LogP contribution in [0.5, 0.6) is 0 Å². The summed E-state index contributed by atoms with van der Waals surface area (Å²) in [5.41, 5.74) is 1.78. The zero-order valence-electron chi connectivity index (χ0n) is 13.1. The minimum atomic E-state index is -0.170. The highest BCUT2D eigenvalue weighted by atomic mass is 16.2. The number of pyridine rings is 2. The van der Waals surface area contributed by atoms with E-state index in [1.165, 1.54) is 0 Å². The molecule has 6 heteroatoms. The van der Waals surface area contributed by atoms with Gasteiger partial charge in [-0.3, -0.25) is 14.6 Å². The van der Waals surface area contributed by atoms with Crippen LogP contribution in [-0.2, 0) is 16.0 Å². The van der Waals surface area contributed by atoms with Crippen molar-refractivity contribution >= 4 is 17.6 Å². The van der Waals surface area contributed by atoms with Gasteiger partial charge >= 0.3 is 0 Å². The van der Waals surface area contributed by atoms with Gasteiger partial charge in [0, 0.05) is 37.5 Å². The summed E-state index contributed by atoms with van der Waals surface area (Å²) in [5.74, 6) is 0.299. The number of rotatable bonds is 7. The lowest BCUT2D eigenvalue weighted by Crippen LogP contribution is -2.28. The Morgan fingerprint density at radius 3 is 2.57 bits per heavy atom. The maximum Gasteiger partial charge on any atom is 0.227 e. The monoisotopic (exact) mass is 312 g/mol. The van der Waals surface area contributed by atoms with Crippen LogP contribution in [0.25, 0.3) is 0 Å². The summed E-state index contributed by atoms with van der Waals surface area (Å²) in [6, 6.07) is 9.31. The van der Waals surface area contributed by atoms with Crippen molar-refractivity contribution in [3.05, 3.63) is 54.0 Å². The zero-order chi connectivity index (χ0) is 16.5. The Morgan fingerprint density at radius 1 is 1.00 bits per heavy atom. The molecular formula is C17H20N4O2. The zero-order valence-corrected chi connectivity index (χ0v) is 13.1. The number of amides is 2. The predicted octanol–water partition coefficient (Wildman–Crippen LogP) is 1.86. The Bertz CT molecular complexity index is 659. The molecule has 0 aliphatic rings. The fourth-order valence-electron chi connectivity index (χ4n) is 2.00. The van der Waals surface area contributed by atoms with Crippen molar-refractivity contribution in [2.75, 3.05) is 11.9 Å². The number of aryl methyl sites for hydroxylation is 2. The summed E-state index contributed by atoms with van der Waals surface area (Å²) >= 11 is 0. The smallest absolute Gasteiger partial charge is 0.227 e. The molecule has 2 heterocycles. The quantitative estimate of drug-likeness (QED) is 0.817. The Labute approximate surface area is 135 Å². The highest BCUT2D eigenvalue weighted by Crippen LogP contribution is 2.09. The Kier molecular flexibility index (Phi) is 6.23. The highest BCUT2D eigenvalue weighted by molar-refractivity contribution is 5.90. The van der Waals surface area contributed by atoms with E-state index in [0.717, 1.165) is 11.3 Å². The fraction of sp³-hybridized carbons (Fsp3) is 0.294. The summed E-state index contributed by atoms with van der Waals surface area (Å²) in [4.78, 5) is 31.8. The molecule has 2 N–H and O–H groups in total. The molecule has 0 atom stereocenters. The topological polar surface area (TPSA) is 84.0 Å². The van der Waals surface area contributed by atoms with Crippen LogP contribution in [0.2, 0.25) is 0 Å². The molecule has 2 aromatic rings. The number of nitrogens with one attached hydrogen (secondary N) is 2. The molecule has 0 bridgehead atoms. The van der Waals surface area contributed by atoms with Gasteiger partial charge < -0.3 is 10.6 Å². The number of nitrogens with zero attached hydrogens (tertiary/aromatic N) is 2. The van der Waals surface area contributed by atoms with Crippen molar-refractivity contribution in [1.82, 2.24) is 15.3 Å². The van der Waals surface area contributed by atoms with Crippen molar-refractivity contribution in [3.8, 4) is 0 Å². The van der Waals surface area contributed by atoms with Crippen molar-refractivity contribution in [2.45, 2.75) is 26.2 Å². The maximum absolute atomic E-state index is 11.8.